The van der Waals surface area contributed by atoms with E-state index in [-0.39, 0.29) is 36.5 Å². The van der Waals surface area contributed by atoms with Crippen molar-refractivity contribution in [3.63, 3.8) is 0 Å². The summed E-state index contributed by atoms with van der Waals surface area (Å²) in [4.78, 5) is 26.7. The Bertz CT molecular complexity index is 641. The van der Waals surface area contributed by atoms with Gasteiger partial charge in [-0.2, -0.15) is 13.2 Å². The Morgan fingerprint density at radius 2 is 1.85 bits per heavy atom. The summed E-state index contributed by atoms with van der Waals surface area (Å²) in [6.45, 7) is 2.78. The van der Waals surface area contributed by atoms with Gasteiger partial charge in [0.25, 0.3) is 0 Å². The zero-order valence-electron chi connectivity index (χ0n) is 15.0. The zero-order valence-corrected chi connectivity index (χ0v) is 15.0. The van der Waals surface area contributed by atoms with Crippen LogP contribution in [0, 0.1) is 0 Å². The molecule has 0 unspecified atom stereocenters. The molecule has 1 heterocycles. The number of alkyl halides is 3. The molecule has 0 radical (unpaired) electrons. The Morgan fingerprint density at radius 3 is 2.42 bits per heavy atom. The number of nitrogens with zero attached hydrogens (tertiary/aromatic N) is 2. The SMILES string of the molecule is CC(=O)N1CCC(NC(=O)CN(C)Cc2ccccc2C(F)(F)F)CC1. The van der Waals surface area contributed by atoms with Crippen LogP contribution in [0.1, 0.15) is 30.9 Å². The maximum absolute atomic E-state index is 13.0. The third kappa shape index (κ3) is 5.72. The zero-order chi connectivity index (χ0) is 19.3. The monoisotopic (exact) mass is 371 g/mol. The van der Waals surface area contributed by atoms with Crippen LogP contribution < -0.4 is 5.32 Å². The number of likely N-dealkylation sites (tertiary alicyclic amines) is 1. The first-order valence-corrected chi connectivity index (χ1v) is 8.55. The van der Waals surface area contributed by atoms with Crippen molar-refractivity contribution in [3.8, 4) is 0 Å². The first kappa shape index (κ1) is 20.2. The van der Waals surface area contributed by atoms with E-state index in [1.807, 2.05) is 0 Å². The molecular formula is C18H24F3N3O2. The van der Waals surface area contributed by atoms with E-state index < -0.39 is 11.7 Å². The second-order valence-corrected chi connectivity index (χ2v) is 6.68. The van der Waals surface area contributed by atoms with Crippen LogP contribution in [0.25, 0.3) is 0 Å². The van der Waals surface area contributed by atoms with E-state index in [0.717, 1.165) is 6.07 Å². The Hall–Kier alpha value is -2.09. The Balaban J connectivity index is 1.84. The van der Waals surface area contributed by atoms with Gasteiger partial charge in [-0.15, -0.1) is 0 Å². The molecule has 0 atom stereocenters. The van der Waals surface area contributed by atoms with Crippen molar-refractivity contribution in [2.45, 2.75) is 38.5 Å². The Kier molecular flexibility index (Phi) is 6.63. The van der Waals surface area contributed by atoms with E-state index >= 15 is 0 Å². The number of carbonyl (C=O) groups is 2. The highest BCUT2D eigenvalue weighted by Gasteiger charge is 2.33. The largest absolute Gasteiger partial charge is 0.416 e. The van der Waals surface area contributed by atoms with Gasteiger partial charge in [-0.3, -0.25) is 14.5 Å². The van der Waals surface area contributed by atoms with Gasteiger partial charge in [0, 0.05) is 32.6 Å². The molecule has 1 aromatic carbocycles. The lowest BCUT2D eigenvalue weighted by Crippen LogP contribution is -2.48. The molecule has 2 amide bonds. The number of carbonyl (C=O) groups excluding carboxylic acids is 2. The van der Waals surface area contributed by atoms with Crippen LogP contribution in [-0.2, 0) is 22.3 Å². The number of piperidine rings is 1. The van der Waals surface area contributed by atoms with Crippen molar-refractivity contribution >= 4 is 11.8 Å². The fraction of sp³-hybridized carbons (Fsp3) is 0.556. The summed E-state index contributed by atoms with van der Waals surface area (Å²) in [7, 11) is 1.62. The maximum Gasteiger partial charge on any atom is 0.416 e. The lowest BCUT2D eigenvalue weighted by atomic mass is 10.0. The van der Waals surface area contributed by atoms with E-state index in [0.29, 0.717) is 25.9 Å². The molecule has 1 fully saturated rings. The molecule has 26 heavy (non-hydrogen) atoms. The Morgan fingerprint density at radius 1 is 1.23 bits per heavy atom. The molecule has 5 nitrogen and oxygen atoms in total. The molecule has 1 aromatic rings. The average Bonchev–Trinajstić information content (AvgIpc) is 2.54. The second-order valence-electron chi connectivity index (χ2n) is 6.68. The molecule has 2 rings (SSSR count). The van der Waals surface area contributed by atoms with Crippen molar-refractivity contribution in [2.24, 2.45) is 0 Å². The number of hydrogen-bond donors (Lipinski definition) is 1. The topological polar surface area (TPSA) is 52.7 Å². The molecule has 8 heteroatoms. The summed E-state index contributed by atoms with van der Waals surface area (Å²) < 4.78 is 39.1. The van der Waals surface area contributed by atoms with Crippen molar-refractivity contribution in [2.75, 3.05) is 26.7 Å². The summed E-state index contributed by atoms with van der Waals surface area (Å²) in [5, 5.41) is 2.90. The van der Waals surface area contributed by atoms with Gasteiger partial charge < -0.3 is 10.2 Å². The van der Waals surface area contributed by atoms with Gasteiger partial charge in [-0.25, -0.2) is 0 Å². The summed E-state index contributed by atoms with van der Waals surface area (Å²) in [5.41, 5.74) is -0.533. The fourth-order valence-electron chi connectivity index (χ4n) is 3.14. The van der Waals surface area contributed by atoms with Crippen molar-refractivity contribution < 1.29 is 22.8 Å². The van der Waals surface area contributed by atoms with Crippen molar-refractivity contribution in [3.05, 3.63) is 35.4 Å². The third-order valence-corrected chi connectivity index (χ3v) is 4.48. The molecule has 1 saturated heterocycles. The minimum atomic E-state index is -4.41. The number of amides is 2. The minimum Gasteiger partial charge on any atom is -0.352 e. The van der Waals surface area contributed by atoms with Crippen LogP contribution in [-0.4, -0.2) is 54.3 Å². The number of likely N-dealkylation sites (N-methyl/N-ethyl adjacent to an activating group) is 1. The predicted octanol–water partition coefficient (Wildman–Crippen LogP) is 2.26. The van der Waals surface area contributed by atoms with Gasteiger partial charge in [-0.05, 0) is 31.5 Å². The first-order valence-electron chi connectivity index (χ1n) is 8.55. The van der Waals surface area contributed by atoms with Gasteiger partial charge in [-0.1, -0.05) is 18.2 Å². The molecule has 0 spiro atoms. The first-order chi connectivity index (χ1) is 12.2. The highest BCUT2D eigenvalue weighted by molar-refractivity contribution is 5.78. The molecule has 0 saturated carbocycles. The summed E-state index contributed by atoms with van der Waals surface area (Å²) >= 11 is 0. The van der Waals surface area contributed by atoms with Crippen molar-refractivity contribution in [1.29, 1.82) is 0 Å². The van der Waals surface area contributed by atoms with Gasteiger partial charge >= 0.3 is 6.18 Å². The van der Waals surface area contributed by atoms with Gasteiger partial charge in [0.1, 0.15) is 0 Å². The minimum absolute atomic E-state index is 0.00559. The fourth-order valence-corrected chi connectivity index (χ4v) is 3.14. The molecule has 1 aliphatic rings. The van der Waals surface area contributed by atoms with Crippen LogP contribution in [0.15, 0.2) is 24.3 Å². The highest BCUT2D eigenvalue weighted by Crippen LogP contribution is 2.32. The number of halogens is 3. The maximum atomic E-state index is 13.0. The Labute approximate surface area is 151 Å². The lowest BCUT2D eigenvalue weighted by molar-refractivity contribution is -0.138. The highest BCUT2D eigenvalue weighted by atomic mass is 19.4. The van der Waals surface area contributed by atoms with Crippen molar-refractivity contribution in [1.82, 2.24) is 15.1 Å². The number of benzene rings is 1. The molecule has 0 aromatic heterocycles. The van der Waals surface area contributed by atoms with Gasteiger partial charge in [0.2, 0.25) is 11.8 Å². The van der Waals surface area contributed by atoms with E-state index in [4.69, 9.17) is 0 Å². The smallest absolute Gasteiger partial charge is 0.352 e. The molecule has 0 aliphatic carbocycles. The molecule has 0 bridgehead atoms. The summed E-state index contributed by atoms with van der Waals surface area (Å²) in [6.07, 6.45) is -3.04. The number of rotatable bonds is 5. The second kappa shape index (κ2) is 8.53. The number of hydrogen-bond acceptors (Lipinski definition) is 3. The van der Waals surface area contributed by atoms with E-state index in [1.165, 1.54) is 19.1 Å². The average molecular weight is 371 g/mol. The van der Waals surface area contributed by atoms with Crippen LogP contribution in [0.2, 0.25) is 0 Å². The van der Waals surface area contributed by atoms with E-state index in [9.17, 15) is 22.8 Å². The third-order valence-electron chi connectivity index (χ3n) is 4.48. The van der Waals surface area contributed by atoms with Crippen LogP contribution >= 0.6 is 0 Å². The van der Waals surface area contributed by atoms with Crippen LogP contribution in [0.4, 0.5) is 13.2 Å². The molecule has 1 aliphatic heterocycles. The molecule has 1 N–H and O–H groups in total. The number of nitrogens with one attached hydrogen (secondary N) is 1. The summed E-state index contributed by atoms with van der Waals surface area (Å²) in [6, 6.07) is 5.38. The van der Waals surface area contributed by atoms with E-state index in [2.05, 4.69) is 5.32 Å². The van der Waals surface area contributed by atoms with Crippen LogP contribution in [0.5, 0.6) is 0 Å². The molecule has 144 valence electrons. The normalized spacial score (nSPS) is 16.0. The standard InChI is InChI=1S/C18H24F3N3O2/c1-13(25)24-9-7-15(8-10-24)22-17(26)12-23(2)11-14-5-3-4-6-16(14)18(19,20)21/h3-6,15H,7-12H2,1-2H3,(H,22,26). The van der Waals surface area contributed by atoms with E-state index in [1.54, 1.807) is 22.9 Å². The lowest BCUT2D eigenvalue weighted by Gasteiger charge is -2.32. The quantitative estimate of drug-likeness (QED) is 0.864. The summed E-state index contributed by atoms with van der Waals surface area (Å²) in [5.74, 6) is -0.198. The molecular weight excluding hydrogens is 347 g/mol. The predicted molar refractivity (Wildman–Crippen MR) is 91.2 cm³/mol. The van der Waals surface area contributed by atoms with Crippen LogP contribution in [0.3, 0.4) is 0 Å². The van der Waals surface area contributed by atoms with Gasteiger partial charge in [0.15, 0.2) is 0 Å². The van der Waals surface area contributed by atoms with Gasteiger partial charge in [0.05, 0.1) is 12.1 Å².